The summed E-state index contributed by atoms with van der Waals surface area (Å²) in [5.74, 6) is 1.53. The molecule has 0 saturated carbocycles. The summed E-state index contributed by atoms with van der Waals surface area (Å²) in [4.78, 5) is 14.8. The Morgan fingerprint density at radius 1 is 1.12 bits per heavy atom. The summed E-state index contributed by atoms with van der Waals surface area (Å²) in [5.41, 5.74) is 0. The zero-order valence-corrected chi connectivity index (χ0v) is 17.6. The van der Waals surface area contributed by atoms with E-state index in [2.05, 4.69) is 24.1 Å². The third-order valence-electron chi connectivity index (χ3n) is 5.51. The molecule has 2 rings (SSSR count). The van der Waals surface area contributed by atoms with Gasteiger partial charge in [-0.25, -0.2) is 0 Å². The highest BCUT2D eigenvalue weighted by atomic mass is 32.2. The van der Waals surface area contributed by atoms with Gasteiger partial charge in [-0.2, -0.15) is 17.0 Å². The van der Waals surface area contributed by atoms with Gasteiger partial charge in [0.05, 0.1) is 0 Å². The first-order valence-electron chi connectivity index (χ1n) is 9.87. The van der Waals surface area contributed by atoms with Crippen LogP contribution in [0.2, 0.25) is 0 Å². The average Bonchev–Trinajstić information content (AvgIpc) is 2.57. The lowest BCUT2D eigenvalue weighted by atomic mass is 9.92. The van der Waals surface area contributed by atoms with Gasteiger partial charge in [0.15, 0.2) is 0 Å². The van der Waals surface area contributed by atoms with Crippen LogP contribution in [0, 0.1) is 17.8 Å². The highest BCUT2D eigenvalue weighted by Gasteiger charge is 2.32. The van der Waals surface area contributed by atoms with Crippen LogP contribution in [-0.4, -0.2) is 81.2 Å². The summed E-state index contributed by atoms with van der Waals surface area (Å²) in [5, 5.41) is 3.05. The number of carbonyl (C=O) groups is 1. The smallest absolute Gasteiger partial charge is 0.281 e. The van der Waals surface area contributed by atoms with Gasteiger partial charge in [0, 0.05) is 52.7 Å². The molecule has 26 heavy (non-hydrogen) atoms. The van der Waals surface area contributed by atoms with E-state index < -0.39 is 10.2 Å². The molecule has 7 nitrogen and oxygen atoms in total. The SMILES string of the molecule is C[C@@H]1C[C@@H](C)CN(CCCNC(=O)C2CCN(S(=O)(=O)N(C)C)CC2)C1. The van der Waals surface area contributed by atoms with Crippen LogP contribution in [0.3, 0.4) is 0 Å². The molecule has 0 spiro atoms. The van der Waals surface area contributed by atoms with Crippen LogP contribution in [-0.2, 0) is 15.0 Å². The first-order valence-corrected chi connectivity index (χ1v) is 11.3. The largest absolute Gasteiger partial charge is 0.356 e. The molecule has 0 radical (unpaired) electrons. The molecule has 2 aliphatic heterocycles. The van der Waals surface area contributed by atoms with E-state index in [1.807, 2.05) is 0 Å². The zero-order valence-electron chi connectivity index (χ0n) is 16.8. The van der Waals surface area contributed by atoms with Crippen LogP contribution in [0.1, 0.15) is 39.5 Å². The summed E-state index contributed by atoms with van der Waals surface area (Å²) < 4.78 is 26.9. The van der Waals surface area contributed by atoms with Gasteiger partial charge in [0.25, 0.3) is 10.2 Å². The normalized spacial score (nSPS) is 27.0. The Morgan fingerprint density at radius 2 is 1.69 bits per heavy atom. The Morgan fingerprint density at radius 3 is 2.23 bits per heavy atom. The lowest BCUT2D eigenvalue weighted by Gasteiger charge is -2.35. The van der Waals surface area contributed by atoms with Crippen molar-refractivity contribution in [3.8, 4) is 0 Å². The van der Waals surface area contributed by atoms with Gasteiger partial charge in [-0.05, 0) is 44.1 Å². The molecular weight excluding hydrogens is 352 g/mol. The van der Waals surface area contributed by atoms with Gasteiger partial charge in [0.2, 0.25) is 5.91 Å². The van der Waals surface area contributed by atoms with Crippen molar-refractivity contribution in [3.05, 3.63) is 0 Å². The summed E-state index contributed by atoms with van der Waals surface area (Å²) in [6, 6.07) is 0. The van der Waals surface area contributed by atoms with E-state index in [4.69, 9.17) is 0 Å². The molecule has 0 unspecified atom stereocenters. The number of hydrogen-bond donors (Lipinski definition) is 1. The summed E-state index contributed by atoms with van der Waals surface area (Å²) in [7, 11) is -0.283. The van der Waals surface area contributed by atoms with Crippen LogP contribution in [0.25, 0.3) is 0 Å². The quantitative estimate of drug-likeness (QED) is 0.660. The highest BCUT2D eigenvalue weighted by molar-refractivity contribution is 7.86. The Kier molecular flexibility index (Phi) is 7.88. The number of rotatable bonds is 7. The predicted molar refractivity (Wildman–Crippen MR) is 104 cm³/mol. The fourth-order valence-corrected chi connectivity index (χ4v) is 5.35. The number of likely N-dealkylation sites (tertiary alicyclic amines) is 1. The van der Waals surface area contributed by atoms with Gasteiger partial charge in [-0.3, -0.25) is 4.79 Å². The number of amides is 1. The van der Waals surface area contributed by atoms with E-state index >= 15 is 0 Å². The third-order valence-corrected chi connectivity index (χ3v) is 7.45. The molecule has 2 fully saturated rings. The van der Waals surface area contributed by atoms with E-state index in [1.54, 1.807) is 0 Å². The van der Waals surface area contributed by atoms with Crippen molar-refractivity contribution in [3.63, 3.8) is 0 Å². The molecular formula is C18H36N4O3S. The number of hydrogen-bond acceptors (Lipinski definition) is 4. The van der Waals surface area contributed by atoms with Crippen LogP contribution in [0.4, 0.5) is 0 Å². The minimum atomic E-state index is -3.36. The van der Waals surface area contributed by atoms with Crippen molar-refractivity contribution in [1.29, 1.82) is 0 Å². The van der Waals surface area contributed by atoms with E-state index in [9.17, 15) is 13.2 Å². The van der Waals surface area contributed by atoms with Gasteiger partial charge >= 0.3 is 0 Å². The zero-order chi connectivity index (χ0) is 19.3. The van der Waals surface area contributed by atoms with Gasteiger partial charge in [0.1, 0.15) is 0 Å². The van der Waals surface area contributed by atoms with Crippen LogP contribution >= 0.6 is 0 Å². The minimum absolute atomic E-state index is 0.0707. The summed E-state index contributed by atoms with van der Waals surface area (Å²) in [6.45, 7) is 9.53. The second-order valence-electron chi connectivity index (χ2n) is 8.31. The van der Waals surface area contributed by atoms with Crippen LogP contribution in [0.5, 0.6) is 0 Å². The first kappa shape index (κ1) is 21.6. The fourth-order valence-electron chi connectivity index (χ4n) is 4.21. The Balaban J connectivity index is 1.65. The fraction of sp³-hybridized carbons (Fsp3) is 0.944. The lowest BCUT2D eigenvalue weighted by Crippen LogP contribution is -2.47. The maximum Gasteiger partial charge on any atom is 0.281 e. The van der Waals surface area contributed by atoms with E-state index in [0.29, 0.717) is 32.5 Å². The van der Waals surface area contributed by atoms with Crippen LogP contribution < -0.4 is 5.32 Å². The second kappa shape index (κ2) is 9.48. The van der Waals surface area contributed by atoms with Crippen molar-refractivity contribution in [2.45, 2.75) is 39.5 Å². The molecule has 152 valence electrons. The van der Waals surface area contributed by atoms with E-state index in [1.165, 1.54) is 29.1 Å². The Bertz CT molecular complexity index is 549. The lowest BCUT2D eigenvalue weighted by molar-refractivity contribution is -0.126. The second-order valence-corrected chi connectivity index (χ2v) is 10.5. The molecule has 0 aromatic carbocycles. The Labute approximate surface area is 159 Å². The summed E-state index contributed by atoms with van der Waals surface area (Å²) >= 11 is 0. The topological polar surface area (TPSA) is 73.0 Å². The standard InChI is InChI=1S/C18H36N4O3S/c1-15-12-16(2)14-21(13-15)9-5-8-19-18(23)17-6-10-22(11-7-17)26(24,25)20(3)4/h15-17H,5-14H2,1-4H3,(H,19,23)/t15-,16-/m1/s1. The Hall–Kier alpha value is -0.700. The highest BCUT2D eigenvalue weighted by Crippen LogP contribution is 2.22. The van der Waals surface area contributed by atoms with E-state index in [0.717, 1.165) is 37.9 Å². The molecule has 2 aliphatic rings. The van der Waals surface area contributed by atoms with Crippen molar-refractivity contribution >= 4 is 16.1 Å². The van der Waals surface area contributed by atoms with Gasteiger partial charge < -0.3 is 10.2 Å². The van der Waals surface area contributed by atoms with Crippen molar-refractivity contribution in [1.82, 2.24) is 18.8 Å². The molecule has 0 aromatic rings. The van der Waals surface area contributed by atoms with Crippen molar-refractivity contribution in [2.75, 3.05) is 53.4 Å². The number of nitrogens with zero attached hydrogens (tertiary/aromatic N) is 3. The molecule has 2 heterocycles. The average molecular weight is 389 g/mol. The predicted octanol–water partition coefficient (Wildman–Crippen LogP) is 0.989. The van der Waals surface area contributed by atoms with Gasteiger partial charge in [-0.15, -0.1) is 0 Å². The van der Waals surface area contributed by atoms with E-state index in [-0.39, 0.29) is 11.8 Å². The molecule has 1 N–H and O–H groups in total. The monoisotopic (exact) mass is 388 g/mol. The molecule has 0 aliphatic carbocycles. The molecule has 2 saturated heterocycles. The first-order chi connectivity index (χ1) is 12.2. The van der Waals surface area contributed by atoms with Gasteiger partial charge in [-0.1, -0.05) is 13.8 Å². The number of piperidine rings is 2. The molecule has 0 aromatic heterocycles. The maximum absolute atomic E-state index is 12.3. The van der Waals surface area contributed by atoms with Crippen LogP contribution in [0.15, 0.2) is 0 Å². The summed E-state index contributed by atoms with van der Waals surface area (Å²) in [6.07, 6.45) is 3.48. The minimum Gasteiger partial charge on any atom is -0.356 e. The third kappa shape index (κ3) is 5.90. The molecule has 2 atom stereocenters. The maximum atomic E-state index is 12.3. The van der Waals surface area contributed by atoms with Crippen molar-refractivity contribution < 1.29 is 13.2 Å². The number of carbonyl (C=O) groups excluding carboxylic acids is 1. The molecule has 0 bridgehead atoms. The number of nitrogens with one attached hydrogen (secondary N) is 1. The molecule has 1 amide bonds. The molecule has 8 heteroatoms. The van der Waals surface area contributed by atoms with Crippen molar-refractivity contribution in [2.24, 2.45) is 17.8 Å².